The maximum atomic E-state index is 11.5. The molecule has 1 aliphatic heterocycles. The molecule has 0 radical (unpaired) electrons. The zero-order chi connectivity index (χ0) is 13.5. The molecule has 7 heteroatoms. The van der Waals surface area contributed by atoms with E-state index >= 15 is 0 Å². The summed E-state index contributed by atoms with van der Waals surface area (Å²) in [4.78, 5) is 25.3. The van der Waals surface area contributed by atoms with Gasteiger partial charge in [-0.2, -0.15) is 0 Å². The summed E-state index contributed by atoms with van der Waals surface area (Å²) < 4.78 is 0. The molecule has 2 amide bonds. The molecule has 1 unspecified atom stereocenters. The van der Waals surface area contributed by atoms with Gasteiger partial charge in [-0.25, -0.2) is 0 Å². The van der Waals surface area contributed by atoms with Crippen LogP contribution in [0.4, 0.5) is 0 Å². The molecule has 1 aliphatic rings. The topological polar surface area (TPSA) is 87.5 Å². The largest absolute Gasteiger partial charge is 0.392 e. The van der Waals surface area contributed by atoms with Crippen molar-refractivity contribution in [1.29, 1.82) is 0 Å². The van der Waals surface area contributed by atoms with Crippen LogP contribution in [0.25, 0.3) is 0 Å². The van der Waals surface area contributed by atoms with Crippen LogP contribution < -0.4 is 16.4 Å². The number of likely N-dealkylation sites (tertiary alicyclic amines) is 1. The Morgan fingerprint density at radius 1 is 1.33 bits per heavy atom. The van der Waals surface area contributed by atoms with E-state index in [2.05, 4.69) is 27.8 Å². The van der Waals surface area contributed by atoms with E-state index in [0.717, 1.165) is 19.6 Å². The summed E-state index contributed by atoms with van der Waals surface area (Å²) >= 11 is 4.61. The Kier molecular flexibility index (Phi) is 6.00. The number of nitrogens with two attached hydrogens (primary N) is 1. The first-order chi connectivity index (χ1) is 8.49. The van der Waals surface area contributed by atoms with Crippen molar-refractivity contribution in [2.45, 2.75) is 25.8 Å². The lowest BCUT2D eigenvalue weighted by molar-refractivity contribution is -0.139. The van der Waals surface area contributed by atoms with Crippen LogP contribution in [0.15, 0.2) is 0 Å². The molecule has 0 aromatic carbocycles. The third-order valence-corrected chi connectivity index (χ3v) is 2.88. The maximum Gasteiger partial charge on any atom is 0.309 e. The van der Waals surface area contributed by atoms with Gasteiger partial charge in [0.25, 0.3) is 0 Å². The van der Waals surface area contributed by atoms with E-state index in [0.29, 0.717) is 0 Å². The van der Waals surface area contributed by atoms with E-state index < -0.39 is 11.8 Å². The van der Waals surface area contributed by atoms with Crippen LogP contribution in [0.2, 0.25) is 0 Å². The van der Waals surface area contributed by atoms with Gasteiger partial charge in [-0.1, -0.05) is 12.2 Å². The maximum absolute atomic E-state index is 11.5. The second-order valence-electron chi connectivity index (χ2n) is 4.53. The van der Waals surface area contributed by atoms with Crippen LogP contribution in [-0.2, 0) is 9.59 Å². The number of rotatable bonds is 5. The fourth-order valence-corrected chi connectivity index (χ4v) is 2.01. The highest BCUT2D eigenvalue weighted by atomic mass is 32.1. The van der Waals surface area contributed by atoms with Crippen LogP contribution in [0.3, 0.4) is 0 Å². The zero-order valence-electron chi connectivity index (χ0n) is 10.6. The number of amides is 2. The van der Waals surface area contributed by atoms with E-state index in [1.54, 1.807) is 0 Å². The smallest absolute Gasteiger partial charge is 0.309 e. The van der Waals surface area contributed by atoms with Gasteiger partial charge in [0.05, 0.1) is 11.5 Å². The first kappa shape index (κ1) is 14.8. The van der Waals surface area contributed by atoms with Crippen molar-refractivity contribution in [2.24, 2.45) is 5.73 Å². The van der Waals surface area contributed by atoms with E-state index in [4.69, 9.17) is 5.73 Å². The molecule has 0 aromatic heterocycles. The SMILES string of the molecule is CC(CN1CCCC1)NC(=O)C(=O)NCC(N)=S. The number of nitrogens with zero attached hydrogens (tertiary/aromatic N) is 1. The number of hydrogen-bond acceptors (Lipinski definition) is 4. The molecule has 18 heavy (non-hydrogen) atoms. The fraction of sp³-hybridized carbons (Fsp3) is 0.727. The molecule has 1 saturated heterocycles. The Morgan fingerprint density at radius 3 is 2.50 bits per heavy atom. The zero-order valence-corrected chi connectivity index (χ0v) is 11.4. The molecule has 6 nitrogen and oxygen atoms in total. The molecule has 1 heterocycles. The standard InChI is InChI=1S/C11H20N4O2S/c1-8(7-15-4-2-3-5-15)14-11(17)10(16)13-6-9(12)18/h8H,2-7H2,1H3,(H2,12,18)(H,13,16)(H,14,17). The van der Waals surface area contributed by atoms with Crippen LogP contribution in [0, 0.1) is 0 Å². The van der Waals surface area contributed by atoms with Gasteiger partial charge in [0.15, 0.2) is 0 Å². The second kappa shape index (κ2) is 7.27. The van der Waals surface area contributed by atoms with Crippen molar-refractivity contribution >= 4 is 29.0 Å². The summed E-state index contributed by atoms with van der Waals surface area (Å²) in [6.07, 6.45) is 2.41. The van der Waals surface area contributed by atoms with E-state index in [9.17, 15) is 9.59 Å². The van der Waals surface area contributed by atoms with Crippen molar-refractivity contribution in [3.63, 3.8) is 0 Å². The average molecular weight is 272 g/mol. The van der Waals surface area contributed by atoms with Gasteiger partial charge in [-0.3, -0.25) is 9.59 Å². The first-order valence-electron chi connectivity index (χ1n) is 6.08. The summed E-state index contributed by atoms with van der Waals surface area (Å²) in [5.74, 6) is -1.34. The molecule has 0 aromatic rings. The Hall–Kier alpha value is -1.21. The lowest BCUT2D eigenvalue weighted by Crippen LogP contribution is -2.48. The van der Waals surface area contributed by atoms with Gasteiger partial charge in [-0.15, -0.1) is 0 Å². The van der Waals surface area contributed by atoms with Gasteiger partial charge in [0.1, 0.15) is 0 Å². The van der Waals surface area contributed by atoms with Crippen LogP contribution in [0.5, 0.6) is 0 Å². The first-order valence-corrected chi connectivity index (χ1v) is 6.49. The molecule has 1 rings (SSSR count). The van der Waals surface area contributed by atoms with Gasteiger partial charge >= 0.3 is 11.8 Å². The molecule has 102 valence electrons. The predicted molar refractivity (Wildman–Crippen MR) is 73.1 cm³/mol. The Morgan fingerprint density at radius 2 is 1.94 bits per heavy atom. The Bertz CT molecular complexity index is 329. The Labute approximate surface area is 112 Å². The highest BCUT2D eigenvalue weighted by Gasteiger charge is 2.19. The number of thiocarbonyl (C=S) groups is 1. The van der Waals surface area contributed by atoms with Crippen LogP contribution in [-0.4, -0.2) is 53.9 Å². The summed E-state index contributed by atoms with van der Waals surface area (Å²) in [6.45, 7) is 4.83. The van der Waals surface area contributed by atoms with Gasteiger partial charge < -0.3 is 21.3 Å². The van der Waals surface area contributed by atoms with Crippen LogP contribution in [0.1, 0.15) is 19.8 Å². The van der Waals surface area contributed by atoms with Crippen molar-refractivity contribution in [2.75, 3.05) is 26.2 Å². The molecular weight excluding hydrogens is 252 g/mol. The highest BCUT2D eigenvalue weighted by Crippen LogP contribution is 2.07. The van der Waals surface area contributed by atoms with Crippen molar-refractivity contribution in [3.8, 4) is 0 Å². The summed E-state index contributed by atoms with van der Waals surface area (Å²) in [7, 11) is 0. The number of carbonyl (C=O) groups is 2. The minimum absolute atomic E-state index is 0.0437. The summed E-state index contributed by atoms with van der Waals surface area (Å²) in [6, 6.07) is -0.0498. The minimum Gasteiger partial charge on any atom is -0.392 e. The van der Waals surface area contributed by atoms with Gasteiger partial charge in [-0.05, 0) is 32.9 Å². The fourth-order valence-electron chi connectivity index (χ4n) is 1.94. The van der Waals surface area contributed by atoms with Gasteiger partial charge in [0.2, 0.25) is 0 Å². The van der Waals surface area contributed by atoms with Crippen molar-refractivity contribution in [3.05, 3.63) is 0 Å². The number of carbonyl (C=O) groups excluding carboxylic acids is 2. The van der Waals surface area contributed by atoms with Crippen molar-refractivity contribution < 1.29 is 9.59 Å². The molecule has 0 saturated carbocycles. The van der Waals surface area contributed by atoms with E-state index in [-0.39, 0.29) is 17.6 Å². The second-order valence-corrected chi connectivity index (χ2v) is 5.06. The molecule has 0 spiro atoms. The molecular formula is C11H20N4O2S. The van der Waals surface area contributed by atoms with E-state index in [1.807, 2.05) is 6.92 Å². The molecule has 0 bridgehead atoms. The normalized spacial score (nSPS) is 17.2. The lowest BCUT2D eigenvalue weighted by Gasteiger charge is -2.20. The Balaban J connectivity index is 2.25. The monoisotopic (exact) mass is 272 g/mol. The summed E-state index contributed by atoms with van der Waals surface area (Å²) in [5, 5.41) is 5.00. The lowest BCUT2D eigenvalue weighted by atomic mass is 10.3. The molecule has 0 aliphatic carbocycles. The van der Waals surface area contributed by atoms with E-state index in [1.165, 1.54) is 12.8 Å². The van der Waals surface area contributed by atoms with Crippen molar-refractivity contribution in [1.82, 2.24) is 15.5 Å². The third kappa shape index (κ3) is 5.42. The average Bonchev–Trinajstić information content (AvgIpc) is 2.78. The summed E-state index contributed by atoms with van der Waals surface area (Å²) in [5.41, 5.74) is 5.23. The molecule has 1 fully saturated rings. The number of hydrogen-bond donors (Lipinski definition) is 3. The van der Waals surface area contributed by atoms with Gasteiger partial charge in [0, 0.05) is 12.6 Å². The minimum atomic E-state index is -0.698. The third-order valence-electron chi connectivity index (χ3n) is 2.74. The number of nitrogens with one attached hydrogen (secondary N) is 2. The predicted octanol–water partition coefficient (Wildman–Crippen LogP) is -1.01. The molecule has 1 atom stereocenters. The van der Waals surface area contributed by atoms with Crippen LogP contribution >= 0.6 is 12.2 Å². The molecule has 4 N–H and O–H groups in total. The quantitative estimate of drug-likeness (QED) is 0.441. The highest BCUT2D eigenvalue weighted by molar-refractivity contribution is 7.80.